The lowest BCUT2D eigenvalue weighted by Crippen LogP contribution is -2.36. The molecule has 0 bridgehead atoms. The molecule has 1 saturated carbocycles. The topological polar surface area (TPSA) is 59.1 Å². The Morgan fingerprint density at radius 3 is 2.69 bits per heavy atom. The van der Waals surface area contributed by atoms with E-state index in [4.69, 9.17) is 0 Å². The van der Waals surface area contributed by atoms with Crippen molar-refractivity contribution < 1.29 is 9.59 Å². The number of carbonyl (C=O) groups is 2. The van der Waals surface area contributed by atoms with Gasteiger partial charge in [0.05, 0.1) is 0 Å². The van der Waals surface area contributed by atoms with Crippen molar-refractivity contribution in [3.05, 3.63) is 30.1 Å². The van der Waals surface area contributed by atoms with Gasteiger partial charge in [0.1, 0.15) is 0 Å². The van der Waals surface area contributed by atoms with Crippen LogP contribution < -0.4 is 5.32 Å². The molecule has 84 valence electrons. The Hall–Kier alpha value is -1.71. The molecule has 0 atom stereocenters. The molecule has 1 aliphatic rings. The number of rotatable bonds is 4. The maximum Gasteiger partial charge on any atom is 0.287 e. The summed E-state index contributed by atoms with van der Waals surface area (Å²) in [5.74, 6) is -0.959. The van der Waals surface area contributed by atoms with Crippen LogP contribution in [0.15, 0.2) is 24.4 Å². The number of hydrogen-bond acceptors (Lipinski definition) is 3. The fourth-order valence-electron chi connectivity index (χ4n) is 1.72. The van der Waals surface area contributed by atoms with Gasteiger partial charge in [-0.2, -0.15) is 0 Å². The molecule has 0 spiro atoms. The lowest BCUT2D eigenvalue weighted by Gasteiger charge is -2.14. The molecule has 0 unspecified atom stereocenters. The summed E-state index contributed by atoms with van der Waals surface area (Å²) in [6.45, 7) is 1.78. The summed E-state index contributed by atoms with van der Waals surface area (Å²) in [5, 5.41) is 2.65. The minimum Gasteiger partial charge on any atom is -0.349 e. The number of ketones is 1. The first-order valence-corrected chi connectivity index (χ1v) is 5.34. The minimum absolute atomic E-state index is 0.0353. The van der Waals surface area contributed by atoms with E-state index in [0.717, 1.165) is 18.5 Å². The molecule has 16 heavy (non-hydrogen) atoms. The van der Waals surface area contributed by atoms with E-state index in [-0.39, 0.29) is 5.41 Å². The third-order valence-corrected chi connectivity index (χ3v) is 2.97. The lowest BCUT2D eigenvalue weighted by molar-refractivity contribution is -0.136. The zero-order chi connectivity index (χ0) is 11.6. The summed E-state index contributed by atoms with van der Waals surface area (Å²) >= 11 is 0. The monoisotopic (exact) mass is 218 g/mol. The van der Waals surface area contributed by atoms with Crippen molar-refractivity contribution in [1.29, 1.82) is 0 Å². The van der Waals surface area contributed by atoms with Gasteiger partial charge in [0.2, 0.25) is 5.78 Å². The van der Waals surface area contributed by atoms with Gasteiger partial charge in [-0.15, -0.1) is 0 Å². The van der Waals surface area contributed by atoms with Crippen molar-refractivity contribution in [2.45, 2.75) is 25.2 Å². The van der Waals surface area contributed by atoms with Crippen LogP contribution in [-0.2, 0) is 15.0 Å². The molecule has 1 amide bonds. The highest BCUT2D eigenvalue weighted by molar-refractivity contribution is 6.35. The van der Waals surface area contributed by atoms with Crippen molar-refractivity contribution in [3.8, 4) is 0 Å². The van der Waals surface area contributed by atoms with Crippen LogP contribution in [-0.4, -0.2) is 23.2 Å². The lowest BCUT2D eigenvalue weighted by atomic mass is 10.0. The second-order valence-electron chi connectivity index (χ2n) is 4.23. The Labute approximate surface area is 94.1 Å². The maximum absolute atomic E-state index is 11.2. The quantitative estimate of drug-likeness (QED) is 0.761. The van der Waals surface area contributed by atoms with Gasteiger partial charge >= 0.3 is 0 Å². The first kappa shape index (κ1) is 10.8. The number of pyridine rings is 1. The number of carbonyl (C=O) groups excluding carboxylic acids is 2. The van der Waals surface area contributed by atoms with Gasteiger partial charge < -0.3 is 5.32 Å². The predicted molar refractivity (Wildman–Crippen MR) is 58.8 cm³/mol. The molecule has 4 nitrogen and oxygen atoms in total. The molecular formula is C12H14N2O2. The second kappa shape index (κ2) is 4.04. The summed E-state index contributed by atoms with van der Waals surface area (Å²) in [7, 11) is 0. The Kier molecular flexibility index (Phi) is 2.73. The van der Waals surface area contributed by atoms with Gasteiger partial charge in [0.15, 0.2) is 0 Å². The van der Waals surface area contributed by atoms with Crippen molar-refractivity contribution in [3.63, 3.8) is 0 Å². The van der Waals surface area contributed by atoms with Crippen LogP contribution in [0.5, 0.6) is 0 Å². The minimum atomic E-state index is -0.512. The van der Waals surface area contributed by atoms with Crippen LogP contribution in [0, 0.1) is 0 Å². The van der Waals surface area contributed by atoms with Gasteiger partial charge in [-0.3, -0.25) is 14.6 Å². The Balaban J connectivity index is 2.00. The molecule has 1 aromatic rings. The summed E-state index contributed by atoms with van der Waals surface area (Å²) in [4.78, 5) is 26.3. The predicted octanol–water partition coefficient (Wildman–Crippen LogP) is 0.818. The van der Waals surface area contributed by atoms with E-state index >= 15 is 0 Å². The zero-order valence-electron chi connectivity index (χ0n) is 9.19. The van der Waals surface area contributed by atoms with E-state index in [2.05, 4.69) is 10.3 Å². The number of amides is 1. The fourth-order valence-corrected chi connectivity index (χ4v) is 1.72. The van der Waals surface area contributed by atoms with Crippen molar-refractivity contribution in [2.75, 3.05) is 6.54 Å². The molecule has 0 aromatic carbocycles. The first-order valence-electron chi connectivity index (χ1n) is 5.34. The number of nitrogens with one attached hydrogen (secondary N) is 1. The maximum atomic E-state index is 11.2. The summed E-state index contributed by atoms with van der Waals surface area (Å²) < 4.78 is 0. The molecule has 4 heteroatoms. The van der Waals surface area contributed by atoms with Crippen LogP contribution in [0.25, 0.3) is 0 Å². The highest BCUT2D eigenvalue weighted by atomic mass is 16.2. The Morgan fingerprint density at radius 2 is 2.19 bits per heavy atom. The van der Waals surface area contributed by atoms with E-state index < -0.39 is 11.7 Å². The van der Waals surface area contributed by atoms with Gasteiger partial charge in [-0.1, -0.05) is 6.07 Å². The number of aromatic nitrogens is 1. The molecular weight excluding hydrogens is 204 g/mol. The molecule has 1 aromatic heterocycles. The van der Waals surface area contributed by atoms with Crippen LogP contribution in [0.2, 0.25) is 0 Å². The van der Waals surface area contributed by atoms with E-state index in [9.17, 15) is 9.59 Å². The SMILES string of the molecule is CC(=O)C(=O)NCC1(c2ccccn2)CC1. The summed E-state index contributed by atoms with van der Waals surface area (Å²) in [6.07, 6.45) is 3.78. The third-order valence-electron chi connectivity index (χ3n) is 2.97. The molecule has 0 radical (unpaired) electrons. The largest absolute Gasteiger partial charge is 0.349 e. The highest BCUT2D eigenvalue weighted by Gasteiger charge is 2.45. The zero-order valence-corrected chi connectivity index (χ0v) is 9.19. The van der Waals surface area contributed by atoms with Crippen molar-refractivity contribution >= 4 is 11.7 Å². The smallest absolute Gasteiger partial charge is 0.287 e. The summed E-state index contributed by atoms with van der Waals surface area (Å²) in [5.41, 5.74) is 0.964. The number of Topliss-reactive ketones (excluding diaryl/α,β-unsaturated/α-hetero) is 1. The van der Waals surface area contributed by atoms with Crippen LogP contribution in [0.3, 0.4) is 0 Å². The standard InChI is InChI=1S/C12H14N2O2/c1-9(15)11(16)14-8-12(5-6-12)10-4-2-3-7-13-10/h2-4,7H,5-6,8H2,1H3,(H,14,16). The van der Waals surface area contributed by atoms with Gasteiger partial charge in [-0.25, -0.2) is 0 Å². The van der Waals surface area contributed by atoms with E-state index in [1.54, 1.807) is 6.20 Å². The van der Waals surface area contributed by atoms with E-state index in [1.807, 2.05) is 18.2 Å². The summed E-state index contributed by atoms with van der Waals surface area (Å²) in [6, 6.07) is 5.77. The molecule has 0 saturated heterocycles. The normalized spacial score (nSPS) is 16.6. The molecule has 1 fully saturated rings. The number of hydrogen-bond donors (Lipinski definition) is 1. The van der Waals surface area contributed by atoms with Crippen LogP contribution in [0.4, 0.5) is 0 Å². The second-order valence-corrected chi connectivity index (χ2v) is 4.23. The average Bonchev–Trinajstić information content (AvgIpc) is 3.08. The molecule has 2 rings (SSSR count). The van der Waals surface area contributed by atoms with Gasteiger partial charge in [0, 0.05) is 30.8 Å². The third kappa shape index (κ3) is 2.10. The van der Waals surface area contributed by atoms with Gasteiger partial charge in [0.25, 0.3) is 5.91 Å². The van der Waals surface area contributed by atoms with E-state index in [0.29, 0.717) is 6.54 Å². The molecule has 1 heterocycles. The molecule has 0 aliphatic heterocycles. The van der Waals surface area contributed by atoms with Crippen molar-refractivity contribution in [1.82, 2.24) is 10.3 Å². The van der Waals surface area contributed by atoms with E-state index in [1.165, 1.54) is 6.92 Å². The Morgan fingerprint density at radius 1 is 1.44 bits per heavy atom. The number of nitrogens with zero attached hydrogens (tertiary/aromatic N) is 1. The highest BCUT2D eigenvalue weighted by Crippen LogP contribution is 2.46. The average molecular weight is 218 g/mol. The Bertz CT molecular complexity index is 410. The molecule has 1 aliphatic carbocycles. The van der Waals surface area contributed by atoms with Crippen LogP contribution in [0.1, 0.15) is 25.5 Å². The molecule has 1 N–H and O–H groups in total. The van der Waals surface area contributed by atoms with Gasteiger partial charge in [-0.05, 0) is 25.0 Å². The fraction of sp³-hybridized carbons (Fsp3) is 0.417. The van der Waals surface area contributed by atoms with Crippen molar-refractivity contribution in [2.24, 2.45) is 0 Å². The first-order chi connectivity index (χ1) is 7.64. The van der Waals surface area contributed by atoms with Crippen LogP contribution >= 0.6 is 0 Å².